The second-order valence-corrected chi connectivity index (χ2v) is 9.29. The predicted molar refractivity (Wildman–Crippen MR) is 151 cm³/mol. The van der Waals surface area contributed by atoms with E-state index >= 15 is 0 Å². The minimum absolute atomic E-state index is 0.591. The zero-order chi connectivity index (χ0) is 25.1. The minimum Gasteiger partial charge on any atom is -0.456 e. The summed E-state index contributed by atoms with van der Waals surface area (Å²) in [7, 11) is 0. The first-order valence-electron chi connectivity index (χ1n) is 12.4. The van der Waals surface area contributed by atoms with Crippen LogP contribution in [0, 0.1) is 0 Å². The average molecular weight is 490 g/mol. The van der Waals surface area contributed by atoms with Crippen molar-refractivity contribution in [2.24, 2.45) is 0 Å². The van der Waals surface area contributed by atoms with E-state index in [1.807, 2.05) is 91.0 Å². The number of fused-ring (bicyclic) bond motifs is 6. The summed E-state index contributed by atoms with van der Waals surface area (Å²) in [5, 5.41) is 4.26. The second-order valence-electron chi connectivity index (χ2n) is 9.29. The maximum atomic E-state index is 6.14. The van der Waals surface area contributed by atoms with Crippen LogP contribution < -0.4 is 0 Å². The topological polar surface area (TPSA) is 65.0 Å². The van der Waals surface area contributed by atoms with E-state index in [2.05, 4.69) is 24.3 Å². The summed E-state index contributed by atoms with van der Waals surface area (Å²) in [6.07, 6.45) is 0. The first kappa shape index (κ1) is 20.9. The zero-order valence-electron chi connectivity index (χ0n) is 20.1. The van der Waals surface area contributed by atoms with Crippen LogP contribution in [0.3, 0.4) is 0 Å². The highest BCUT2D eigenvalue weighted by Gasteiger charge is 2.16. The molecule has 0 radical (unpaired) electrons. The molecular formula is C33H19N3O2. The van der Waals surface area contributed by atoms with Crippen LogP contribution in [0.5, 0.6) is 0 Å². The SMILES string of the molecule is c1ccc(-c2nc(-c3ccc4c(c3)oc3ccccc34)nc(-c3ccc4oc5ccccc5c4c3)n2)cc1. The lowest BCUT2D eigenvalue weighted by Gasteiger charge is -2.08. The molecule has 0 unspecified atom stereocenters. The quantitative estimate of drug-likeness (QED) is 0.248. The predicted octanol–water partition coefficient (Wildman–Crippen LogP) is 8.67. The van der Waals surface area contributed by atoms with Crippen LogP contribution in [-0.4, -0.2) is 15.0 Å². The van der Waals surface area contributed by atoms with Crippen molar-refractivity contribution in [1.82, 2.24) is 15.0 Å². The Morgan fingerprint density at radius 1 is 0.342 bits per heavy atom. The molecule has 5 aromatic carbocycles. The number of nitrogens with zero attached hydrogens (tertiary/aromatic N) is 3. The number of hydrogen-bond donors (Lipinski definition) is 0. The normalized spacial score (nSPS) is 11.7. The standard InChI is InChI=1S/C33H19N3O2/c1-2-8-20(9-3-1)31-34-32(21-15-17-29-26(18-21)24-11-5-7-13-28(24)37-29)36-33(35-31)22-14-16-25-23-10-4-6-12-27(23)38-30(25)19-22/h1-19H. The van der Waals surface area contributed by atoms with Crippen molar-refractivity contribution in [2.75, 3.05) is 0 Å². The molecule has 3 aromatic heterocycles. The van der Waals surface area contributed by atoms with E-state index in [0.717, 1.165) is 60.6 Å². The third kappa shape index (κ3) is 3.29. The molecule has 0 spiro atoms. The van der Waals surface area contributed by atoms with Gasteiger partial charge in [0.1, 0.15) is 22.3 Å². The monoisotopic (exact) mass is 489 g/mol. The molecule has 0 N–H and O–H groups in total. The van der Waals surface area contributed by atoms with Crippen molar-refractivity contribution < 1.29 is 8.83 Å². The van der Waals surface area contributed by atoms with Crippen LogP contribution >= 0.6 is 0 Å². The Bertz CT molecular complexity index is 2140. The molecule has 0 atom stereocenters. The summed E-state index contributed by atoms with van der Waals surface area (Å²) in [5.41, 5.74) is 6.06. The van der Waals surface area contributed by atoms with Gasteiger partial charge in [-0.25, -0.2) is 15.0 Å². The van der Waals surface area contributed by atoms with Crippen LogP contribution in [0.25, 0.3) is 78.0 Å². The van der Waals surface area contributed by atoms with Crippen LogP contribution in [0.15, 0.2) is 124 Å². The van der Waals surface area contributed by atoms with Gasteiger partial charge in [-0.05, 0) is 42.5 Å². The molecular weight excluding hydrogens is 470 g/mol. The first-order valence-corrected chi connectivity index (χ1v) is 12.4. The molecule has 5 nitrogen and oxygen atoms in total. The molecule has 0 saturated heterocycles. The van der Waals surface area contributed by atoms with E-state index in [1.54, 1.807) is 0 Å². The fraction of sp³-hybridized carbons (Fsp3) is 0. The molecule has 0 aliphatic rings. The van der Waals surface area contributed by atoms with Crippen molar-refractivity contribution >= 4 is 43.9 Å². The van der Waals surface area contributed by atoms with E-state index < -0.39 is 0 Å². The molecule has 3 heterocycles. The summed E-state index contributed by atoms with van der Waals surface area (Å²) in [4.78, 5) is 14.7. The van der Waals surface area contributed by atoms with Crippen molar-refractivity contribution in [3.63, 3.8) is 0 Å². The van der Waals surface area contributed by atoms with Crippen molar-refractivity contribution in [2.45, 2.75) is 0 Å². The summed E-state index contributed by atoms with van der Waals surface area (Å²) in [5.74, 6) is 1.81. The zero-order valence-corrected chi connectivity index (χ0v) is 20.1. The molecule has 0 bridgehead atoms. The van der Waals surface area contributed by atoms with Gasteiger partial charge in [0.25, 0.3) is 0 Å². The number of hydrogen-bond acceptors (Lipinski definition) is 5. The molecule has 8 rings (SSSR count). The molecule has 0 fully saturated rings. The number of rotatable bonds is 3. The van der Waals surface area contributed by atoms with Gasteiger partial charge in [0.2, 0.25) is 0 Å². The third-order valence-electron chi connectivity index (χ3n) is 6.94. The highest BCUT2D eigenvalue weighted by molar-refractivity contribution is 6.07. The second kappa shape index (κ2) is 8.11. The Morgan fingerprint density at radius 2 is 0.842 bits per heavy atom. The Hall–Kier alpha value is -5.29. The van der Waals surface area contributed by atoms with E-state index in [0.29, 0.717) is 17.5 Å². The van der Waals surface area contributed by atoms with Crippen LogP contribution in [-0.2, 0) is 0 Å². The van der Waals surface area contributed by atoms with Gasteiger partial charge < -0.3 is 8.83 Å². The molecule has 8 aromatic rings. The fourth-order valence-electron chi connectivity index (χ4n) is 5.08. The summed E-state index contributed by atoms with van der Waals surface area (Å²) in [6, 6.07) is 38.3. The van der Waals surface area contributed by atoms with Gasteiger partial charge in [-0.3, -0.25) is 0 Å². The van der Waals surface area contributed by atoms with Gasteiger partial charge in [-0.2, -0.15) is 0 Å². The fourth-order valence-corrected chi connectivity index (χ4v) is 5.08. The molecule has 0 amide bonds. The van der Waals surface area contributed by atoms with Gasteiger partial charge in [-0.15, -0.1) is 0 Å². The van der Waals surface area contributed by atoms with Crippen LogP contribution in [0.4, 0.5) is 0 Å². The Morgan fingerprint density at radius 3 is 1.58 bits per heavy atom. The third-order valence-corrected chi connectivity index (χ3v) is 6.94. The van der Waals surface area contributed by atoms with E-state index in [1.165, 1.54) is 0 Å². The molecule has 0 saturated carbocycles. The van der Waals surface area contributed by atoms with E-state index in [4.69, 9.17) is 23.8 Å². The van der Waals surface area contributed by atoms with Crippen LogP contribution in [0.1, 0.15) is 0 Å². The smallest absolute Gasteiger partial charge is 0.164 e. The lowest BCUT2D eigenvalue weighted by molar-refractivity contribution is 0.668. The Balaban J connectivity index is 1.34. The average Bonchev–Trinajstić information content (AvgIpc) is 3.55. The highest BCUT2D eigenvalue weighted by Crippen LogP contribution is 2.34. The lowest BCUT2D eigenvalue weighted by Crippen LogP contribution is -2.00. The van der Waals surface area contributed by atoms with E-state index in [-0.39, 0.29) is 0 Å². The molecule has 0 aliphatic carbocycles. The van der Waals surface area contributed by atoms with Gasteiger partial charge >= 0.3 is 0 Å². The highest BCUT2D eigenvalue weighted by atomic mass is 16.3. The van der Waals surface area contributed by atoms with Gasteiger partial charge in [0.15, 0.2) is 17.5 Å². The Kier molecular flexibility index (Phi) is 4.45. The number of furan rings is 2. The number of para-hydroxylation sites is 2. The van der Waals surface area contributed by atoms with Gasteiger partial charge in [0.05, 0.1) is 0 Å². The largest absolute Gasteiger partial charge is 0.456 e. The van der Waals surface area contributed by atoms with E-state index in [9.17, 15) is 0 Å². The maximum Gasteiger partial charge on any atom is 0.164 e. The van der Waals surface area contributed by atoms with Gasteiger partial charge in [0, 0.05) is 38.2 Å². The van der Waals surface area contributed by atoms with Crippen molar-refractivity contribution in [1.29, 1.82) is 0 Å². The summed E-state index contributed by atoms with van der Waals surface area (Å²) in [6.45, 7) is 0. The maximum absolute atomic E-state index is 6.14. The minimum atomic E-state index is 0.591. The van der Waals surface area contributed by atoms with Crippen molar-refractivity contribution in [3.05, 3.63) is 115 Å². The number of aromatic nitrogens is 3. The van der Waals surface area contributed by atoms with Gasteiger partial charge in [-0.1, -0.05) is 72.8 Å². The first-order chi connectivity index (χ1) is 18.8. The molecule has 178 valence electrons. The van der Waals surface area contributed by atoms with Crippen molar-refractivity contribution in [3.8, 4) is 34.2 Å². The lowest BCUT2D eigenvalue weighted by atomic mass is 10.1. The number of benzene rings is 5. The molecule has 5 heteroatoms. The summed E-state index contributed by atoms with van der Waals surface area (Å²) < 4.78 is 12.2. The molecule has 38 heavy (non-hydrogen) atoms. The van der Waals surface area contributed by atoms with Crippen LogP contribution in [0.2, 0.25) is 0 Å². The summed E-state index contributed by atoms with van der Waals surface area (Å²) >= 11 is 0. The Labute approximate surface area is 217 Å². The molecule has 0 aliphatic heterocycles.